The van der Waals surface area contributed by atoms with E-state index < -0.39 is 5.82 Å². The van der Waals surface area contributed by atoms with Crippen molar-refractivity contribution < 1.29 is 13.5 Å². The fraction of sp³-hybridized carbons (Fsp3) is 0.379. The van der Waals surface area contributed by atoms with Gasteiger partial charge in [-0.1, -0.05) is 17.7 Å². The summed E-state index contributed by atoms with van der Waals surface area (Å²) >= 11 is 5.90. The molecule has 8 nitrogen and oxygen atoms in total. The summed E-state index contributed by atoms with van der Waals surface area (Å²) in [7, 11) is 1.67. The SMILES string of the molecule is COCCn1c(C#N)cc2c(C)c(CN3CCC4CN(c5ocnc5Nc5ccc(Cl)cc5F)CC43)ccc21. The minimum Gasteiger partial charge on any atom is -0.426 e. The van der Waals surface area contributed by atoms with Crippen molar-refractivity contribution in [3.8, 4) is 6.07 Å². The maximum absolute atomic E-state index is 14.4. The van der Waals surface area contributed by atoms with Crippen LogP contribution in [0.4, 0.5) is 21.8 Å². The van der Waals surface area contributed by atoms with Gasteiger partial charge in [-0.2, -0.15) is 10.2 Å². The molecular weight excluding hydrogens is 519 g/mol. The van der Waals surface area contributed by atoms with Gasteiger partial charge in [0.25, 0.3) is 0 Å². The van der Waals surface area contributed by atoms with Crippen LogP contribution >= 0.6 is 11.6 Å². The molecule has 0 bridgehead atoms. The standard InChI is InChI=1S/C29H30ClFN6O2/c1-18-19(3-6-26-23(18)12-22(13-32)37(26)9-10-38-2)14-35-8-7-20-15-36(16-27(20)35)29-28(33-17-39-29)34-25-5-4-21(30)11-24(25)31/h3-6,11-12,17,20,27,34H,7-10,14-16H2,1-2H3. The number of ether oxygens (including phenoxy) is 1. The van der Waals surface area contributed by atoms with Crippen LogP contribution in [-0.4, -0.2) is 53.8 Å². The van der Waals surface area contributed by atoms with Crippen molar-refractivity contribution in [3.63, 3.8) is 0 Å². The van der Waals surface area contributed by atoms with Crippen LogP contribution in [0.3, 0.4) is 0 Å². The van der Waals surface area contributed by atoms with E-state index in [1.54, 1.807) is 19.2 Å². The van der Waals surface area contributed by atoms with Crippen LogP contribution in [0.25, 0.3) is 10.9 Å². The van der Waals surface area contributed by atoms with E-state index in [1.165, 1.54) is 23.6 Å². The zero-order chi connectivity index (χ0) is 27.1. The van der Waals surface area contributed by atoms with Gasteiger partial charge in [-0.3, -0.25) is 4.90 Å². The fourth-order valence-corrected chi connectivity index (χ4v) is 6.27. The quantitative estimate of drug-likeness (QED) is 0.302. The average molecular weight is 549 g/mol. The third-order valence-corrected chi connectivity index (χ3v) is 8.39. The van der Waals surface area contributed by atoms with Gasteiger partial charge in [-0.05, 0) is 67.3 Å². The number of aryl methyl sites for hydroxylation is 1. The van der Waals surface area contributed by atoms with Crippen molar-refractivity contribution in [2.45, 2.75) is 32.5 Å². The van der Waals surface area contributed by atoms with E-state index in [0.29, 0.717) is 53.2 Å². The van der Waals surface area contributed by atoms with Crippen molar-refractivity contribution in [2.24, 2.45) is 5.92 Å². The van der Waals surface area contributed by atoms with Gasteiger partial charge in [0.1, 0.15) is 17.6 Å². The Morgan fingerprint density at radius 1 is 1.26 bits per heavy atom. The smallest absolute Gasteiger partial charge is 0.240 e. The molecule has 0 radical (unpaired) electrons. The number of anilines is 3. The number of hydrogen-bond donors (Lipinski definition) is 1. The van der Waals surface area contributed by atoms with Crippen LogP contribution < -0.4 is 10.2 Å². The Kier molecular flexibility index (Phi) is 6.94. The number of likely N-dealkylation sites (tertiary alicyclic amines) is 1. The highest BCUT2D eigenvalue weighted by Gasteiger charge is 2.42. The zero-order valence-electron chi connectivity index (χ0n) is 22.0. The second-order valence-corrected chi connectivity index (χ2v) is 10.8. The molecule has 2 aliphatic rings. The molecule has 0 amide bonds. The van der Waals surface area contributed by atoms with Gasteiger partial charge in [0, 0.05) is 55.3 Å². The summed E-state index contributed by atoms with van der Waals surface area (Å²) < 4.78 is 27.4. The number of halogens is 2. The topological polar surface area (TPSA) is 82.5 Å². The Morgan fingerprint density at radius 3 is 2.92 bits per heavy atom. The average Bonchev–Trinajstić information content (AvgIpc) is 3.70. The second kappa shape index (κ2) is 10.5. The van der Waals surface area contributed by atoms with Crippen molar-refractivity contribution in [1.29, 1.82) is 5.26 Å². The number of oxazole rings is 1. The molecule has 4 heterocycles. The molecule has 6 rings (SSSR count). The van der Waals surface area contributed by atoms with Crippen molar-refractivity contribution >= 4 is 39.9 Å². The molecule has 2 aromatic heterocycles. The molecule has 1 N–H and O–H groups in total. The number of nitrogens with zero attached hydrogens (tertiary/aromatic N) is 5. The molecule has 4 aromatic rings. The lowest BCUT2D eigenvalue weighted by Gasteiger charge is -2.25. The van der Waals surface area contributed by atoms with Crippen LogP contribution in [0, 0.1) is 30.0 Å². The number of hydrogen-bond acceptors (Lipinski definition) is 7. The summed E-state index contributed by atoms with van der Waals surface area (Å²) in [6.07, 6.45) is 2.50. The summed E-state index contributed by atoms with van der Waals surface area (Å²) in [4.78, 5) is 9.06. The van der Waals surface area contributed by atoms with Crippen molar-refractivity contribution in [1.82, 2.24) is 14.5 Å². The van der Waals surface area contributed by atoms with Gasteiger partial charge in [-0.15, -0.1) is 0 Å². The number of methoxy groups -OCH3 is 1. The summed E-state index contributed by atoms with van der Waals surface area (Å²) in [6, 6.07) is 13.5. The summed E-state index contributed by atoms with van der Waals surface area (Å²) in [6.45, 7) is 6.91. The van der Waals surface area contributed by atoms with Gasteiger partial charge in [0.15, 0.2) is 12.2 Å². The van der Waals surface area contributed by atoms with Crippen molar-refractivity contribution in [2.75, 3.05) is 43.6 Å². The monoisotopic (exact) mass is 548 g/mol. The molecule has 0 saturated carbocycles. The van der Waals surface area contributed by atoms with Crippen LogP contribution in [0.2, 0.25) is 5.02 Å². The van der Waals surface area contributed by atoms with Crippen molar-refractivity contribution in [3.05, 3.63) is 70.5 Å². The first-order chi connectivity index (χ1) is 19.0. The molecule has 2 fully saturated rings. The normalized spacial score (nSPS) is 19.1. The lowest BCUT2D eigenvalue weighted by molar-refractivity contribution is 0.188. The molecule has 202 valence electrons. The number of nitrogens with one attached hydrogen (secondary N) is 1. The Balaban J connectivity index is 1.19. The van der Waals surface area contributed by atoms with Gasteiger partial charge >= 0.3 is 0 Å². The molecule has 2 aromatic carbocycles. The van der Waals surface area contributed by atoms with Gasteiger partial charge in [0.05, 0.1) is 12.3 Å². The van der Waals surface area contributed by atoms with Crippen LogP contribution in [0.1, 0.15) is 23.2 Å². The van der Waals surface area contributed by atoms with E-state index in [2.05, 4.69) is 45.2 Å². The van der Waals surface area contributed by atoms with E-state index in [9.17, 15) is 9.65 Å². The molecule has 2 atom stereocenters. The largest absolute Gasteiger partial charge is 0.426 e. The molecule has 0 spiro atoms. The predicted octanol–water partition coefficient (Wildman–Crippen LogP) is 5.70. The lowest BCUT2D eigenvalue weighted by atomic mass is 10.0. The minimum absolute atomic E-state index is 0.303. The van der Waals surface area contributed by atoms with Crippen LogP contribution in [-0.2, 0) is 17.8 Å². The first kappa shape index (κ1) is 25.7. The Hall–Kier alpha value is -3.58. The van der Waals surface area contributed by atoms with E-state index in [-0.39, 0.29) is 0 Å². The maximum Gasteiger partial charge on any atom is 0.240 e. The van der Waals surface area contributed by atoms with Crippen LogP contribution in [0.15, 0.2) is 47.2 Å². The molecule has 39 heavy (non-hydrogen) atoms. The Bertz CT molecular complexity index is 1560. The number of benzene rings is 2. The van der Waals surface area contributed by atoms with Gasteiger partial charge in [-0.25, -0.2) is 4.39 Å². The molecule has 0 aliphatic carbocycles. The highest BCUT2D eigenvalue weighted by molar-refractivity contribution is 6.30. The third kappa shape index (κ3) is 4.73. The van der Waals surface area contributed by atoms with E-state index in [4.69, 9.17) is 20.8 Å². The van der Waals surface area contributed by atoms with E-state index in [1.807, 2.05) is 10.6 Å². The molecule has 10 heteroatoms. The maximum atomic E-state index is 14.4. The molecule has 2 saturated heterocycles. The summed E-state index contributed by atoms with van der Waals surface area (Å²) in [5.74, 6) is 1.19. The Labute approximate surface area is 231 Å². The summed E-state index contributed by atoms with van der Waals surface area (Å²) in [5.41, 5.74) is 4.51. The van der Waals surface area contributed by atoms with Gasteiger partial charge < -0.3 is 23.9 Å². The first-order valence-electron chi connectivity index (χ1n) is 13.1. The first-order valence-corrected chi connectivity index (χ1v) is 13.5. The predicted molar refractivity (Wildman–Crippen MR) is 149 cm³/mol. The summed E-state index contributed by atoms with van der Waals surface area (Å²) in [5, 5.41) is 14.2. The fourth-order valence-electron chi connectivity index (χ4n) is 6.11. The number of fused-ring (bicyclic) bond motifs is 2. The molecule has 2 unspecified atom stereocenters. The number of nitriles is 1. The zero-order valence-corrected chi connectivity index (χ0v) is 22.7. The molecule has 2 aliphatic heterocycles. The lowest BCUT2D eigenvalue weighted by Crippen LogP contribution is -2.35. The second-order valence-electron chi connectivity index (χ2n) is 10.3. The van der Waals surface area contributed by atoms with Crippen LogP contribution in [0.5, 0.6) is 0 Å². The number of rotatable bonds is 8. The van der Waals surface area contributed by atoms with E-state index in [0.717, 1.165) is 43.5 Å². The Morgan fingerprint density at radius 2 is 2.13 bits per heavy atom. The minimum atomic E-state index is -0.441. The van der Waals surface area contributed by atoms with Gasteiger partial charge in [0.2, 0.25) is 5.88 Å². The molecular formula is C29H30ClFN6O2. The third-order valence-electron chi connectivity index (χ3n) is 8.16. The highest BCUT2D eigenvalue weighted by atomic mass is 35.5. The highest BCUT2D eigenvalue weighted by Crippen LogP contribution is 2.39. The number of aromatic nitrogens is 2. The van der Waals surface area contributed by atoms with E-state index >= 15 is 0 Å².